The highest BCUT2D eigenvalue weighted by atomic mass is 28.4. The van der Waals surface area contributed by atoms with Gasteiger partial charge in [0.1, 0.15) is 0 Å². The first-order valence-electron chi connectivity index (χ1n) is 7.85. The minimum atomic E-state index is -1.95. The standard InChI is InChI=1S/C18H26O3Si/c1-11-10-14(19)16-12(2)15(9-8-13(16)17(11)20)21-22(6,7)18(3,4)5/h9-10,12H,8H2,1-7H3/t12-/m0/s1. The fraction of sp³-hybridized carbons (Fsp3) is 0.556. The average molecular weight is 318 g/mol. The van der Waals surface area contributed by atoms with E-state index in [1.165, 1.54) is 6.08 Å². The van der Waals surface area contributed by atoms with E-state index in [9.17, 15) is 9.59 Å². The molecule has 0 radical (unpaired) electrons. The van der Waals surface area contributed by atoms with Crippen LogP contribution in [0.5, 0.6) is 0 Å². The van der Waals surface area contributed by atoms with E-state index in [2.05, 4.69) is 33.9 Å². The first-order chi connectivity index (χ1) is 9.95. The van der Waals surface area contributed by atoms with E-state index in [0.29, 0.717) is 23.1 Å². The molecule has 3 nitrogen and oxygen atoms in total. The van der Waals surface area contributed by atoms with Crippen molar-refractivity contribution in [2.75, 3.05) is 0 Å². The Morgan fingerprint density at radius 2 is 1.82 bits per heavy atom. The van der Waals surface area contributed by atoms with Crippen molar-refractivity contribution in [1.82, 2.24) is 0 Å². The largest absolute Gasteiger partial charge is 0.546 e. The molecular formula is C18H26O3Si. The van der Waals surface area contributed by atoms with E-state index in [0.717, 1.165) is 5.76 Å². The second-order valence-electron chi connectivity index (χ2n) is 7.81. The summed E-state index contributed by atoms with van der Waals surface area (Å²) in [7, 11) is -1.95. The third-order valence-corrected chi connectivity index (χ3v) is 9.48. The van der Waals surface area contributed by atoms with Crippen LogP contribution in [-0.2, 0) is 14.0 Å². The topological polar surface area (TPSA) is 43.4 Å². The van der Waals surface area contributed by atoms with Gasteiger partial charge in [-0.3, -0.25) is 9.59 Å². The number of ketones is 2. The normalized spacial score (nSPS) is 23.1. The molecule has 0 N–H and O–H groups in total. The van der Waals surface area contributed by atoms with Crippen LogP contribution in [0, 0.1) is 5.92 Å². The number of allylic oxidation sites excluding steroid dienone is 5. The molecule has 0 aliphatic heterocycles. The minimum Gasteiger partial charge on any atom is -0.546 e. The molecule has 2 aliphatic rings. The summed E-state index contributed by atoms with van der Waals surface area (Å²) in [6, 6.07) is 0. The summed E-state index contributed by atoms with van der Waals surface area (Å²) in [5.74, 6) is 0.686. The van der Waals surface area contributed by atoms with Crippen molar-refractivity contribution in [2.24, 2.45) is 5.92 Å². The second kappa shape index (κ2) is 5.34. The highest BCUT2D eigenvalue weighted by molar-refractivity contribution is 6.74. The van der Waals surface area contributed by atoms with Crippen LogP contribution in [0.3, 0.4) is 0 Å². The second-order valence-corrected chi connectivity index (χ2v) is 12.5. The number of rotatable bonds is 2. The number of hydrogen-bond donors (Lipinski definition) is 0. The van der Waals surface area contributed by atoms with Gasteiger partial charge in [0.15, 0.2) is 11.6 Å². The molecule has 0 unspecified atom stereocenters. The number of Topliss-reactive ketones (excluding diaryl/α,β-unsaturated/α-hetero) is 1. The van der Waals surface area contributed by atoms with Gasteiger partial charge in [-0.1, -0.05) is 27.7 Å². The van der Waals surface area contributed by atoms with Crippen molar-refractivity contribution in [3.05, 3.63) is 34.6 Å². The quantitative estimate of drug-likeness (QED) is 0.562. The molecule has 0 saturated heterocycles. The fourth-order valence-corrected chi connectivity index (χ4v) is 3.78. The van der Waals surface area contributed by atoms with E-state index in [1.54, 1.807) is 6.92 Å². The Bertz CT molecular complexity index is 627. The summed E-state index contributed by atoms with van der Waals surface area (Å²) in [5, 5.41) is 0.102. The van der Waals surface area contributed by atoms with E-state index < -0.39 is 8.32 Å². The molecule has 2 rings (SSSR count). The van der Waals surface area contributed by atoms with Crippen molar-refractivity contribution in [2.45, 2.75) is 59.2 Å². The Morgan fingerprint density at radius 1 is 1.23 bits per heavy atom. The predicted molar refractivity (Wildman–Crippen MR) is 90.9 cm³/mol. The van der Waals surface area contributed by atoms with Crippen molar-refractivity contribution in [1.29, 1.82) is 0 Å². The highest BCUT2D eigenvalue weighted by Crippen LogP contribution is 2.42. The Labute approximate surface area is 134 Å². The number of hydrogen-bond acceptors (Lipinski definition) is 3. The highest BCUT2D eigenvalue weighted by Gasteiger charge is 2.42. The maximum atomic E-state index is 12.3. The Kier molecular flexibility index (Phi) is 4.11. The monoisotopic (exact) mass is 318 g/mol. The zero-order valence-electron chi connectivity index (χ0n) is 14.7. The summed E-state index contributed by atoms with van der Waals surface area (Å²) >= 11 is 0. The van der Waals surface area contributed by atoms with Crippen LogP contribution >= 0.6 is 0 Å². The molecule has 0 aromatic carbocycles. The molecule has 0 spiro atoms. The van der Waals surface area contributed by atoms with Crippen LogP contribution in [0.1, 0.15) is 41.0 Å². The molecule has 0 aromatic heterocycles. The Balaban J connectivity index is 2.30. The maximum Gasteiger partial charge on any atom is 0.250 e. The zero-order chi connectivity index (χ0) is 16.9. The van der Waals surface area contributed by atoms with E-state index in [4.69, 9.17) is 4.43 Å². The minimum absolute atomic E-state index is 0.00377. The van der Waals surface area contributed by atoms with Gasteiger partial charge in [0, 0.05) is 22.6 Å². The van der Waals surface area contributed by atoms with Gasteiger partial charge in [-0.2, -0.15) is 0 Å². The fourth-order valence-electron chi connectivity index (χ4n) is 2.63. The zero-order valence-corrected chi connectivity index (χ0v) is 15.7. The van der Waals surface area contributed by atoms with Crippen molar-refractivity contribution < 1.29 is 14.0 Å². The number of carbonyl (C=O) groups excluding carboxylic acids is 2. The van der Waals surface area contributed by atoms with Crippen LogP contribution in [0.15, 0.2) is 34.6 Å². The van der Waals surface area contributed by atoms with Gasteiger partial charge in [-0.05, 0) is 43.6 Å². The van der Waals surface area contributed by atoms with Crippen LogP contribution in [-0.4, -0.2) is 19.9 Å². The van der Waals surface area contributed by atoms with Gasteiger partial charge < -0.3 is 4.43 Å². The number of carbonyl (C=O) groups is 2. The summed E-state index contributed by atoms with van der Waals surface area (Å²) in [6.45, 7) is 14.6. The summed E-state index contributed by atoms with van der Waals surface area (Å²) in [4.78, 5) is 24.6. The third kappa shape index (κ3) is 2.76. The molecule has 0 heterocycles. The van der Waals surface area contributed by atoms with Gasteiger partial charge in [0.05, 0.1) is 5.76 Å². The first kappa shape index (κ1) is 16.9. The Morgan fingerprint density at radius 3 is 2.36 bits per heavy atom. The molecule has 0 saturated carbocycles. The van der Waals surface area contributed by atoms with Gasteiger partial charge in [0.2, 0.25) is 8.32 Å². The molecule has 0 aromatic rings. The Hall–Kier alpha value is -1.42. The van der Waals surface area contributed by atoms with Gasteiger partial charge >= 0.3 is 0 Å². The molecule has 2 aliphatic carbocycles. The lowest BCUT2D eigenvalue weighted by Gasteiger charge is -2.40. The third-order valence-electron chi connectivity index (χ3n) is 5.12. The molecule has 120 valence electrons. The van der Waals surface area contributed by atoms with Crippen LogP contribution < -0.4 is 0 Å². The van der Waals surface area contributed by atoms with Gasteiger partial charge in [-0.15, -0.1) is 0 Å². The molecular weight excluding hydrogens is 292 g/mol. The smallest absolute Gasteiger partial charge is 0.250 e. The van der Waals surface area contributed by atoms with Crippen LogP contribution in [0.2, 0.25) is 18.1 Å². The molecule has 22 heavy (non-hydrogen) atoms. The summed E-state index contributed by atoms with van der Waals surface area (Å²) in [5.41, 5.74) is 1.82. The molecule has 0 bridgehead atoms. The maximum absolute atomic E-state index is 12.3. The van der Waals surface area contributed by atoms with Crippen molar-refractivity contribution >= 4 is 19.9 Å². The molecule has 1 atom stereocenters. The SMILES string of the molecule is CC1=CC(=O)C2=C(CC=C(O[Si](C)(C)C(C)(C)C)[C@@H]2C)C1=O. The molecule has 0 amide bonds. The lowest BCUT2D eigenvalue weighted by molar-refractivity contribution is -0.116. The predicted octanol–water partition coefficient (Wildman–Crippen LogP) is 4.33. The average Bonchev–Trinajstić information content (AvgIpc) is 2.36. The van der Waals surface area contributed by atoms with E-state index in [-0.39, 0.29) is 22.5 Å². The van der Waals surface area contributed by atoms with E-state index >= 15 is 0 Å². The van der Waals surface area contributed by atoms with Crippen LogP contribution in [0.25, 0.3) is 0 Å². The lowest BCUT2D eigenvalue weighted by Crippen LogP contribution is -2.42. The van der Waals surface area contributed by atoms with Crippen molar-refractivity contribution in [3.63, 3.8) is 0 Å². The summed E-state index contributed by atoms with van der Waals surface area (Å²) < 4.78 is 6.40. The molecule has 0 fully saturated rings. The van der Waals surface area contributed by atoms with Gasteiger partial charge in [0.25, 0.3) is 0 Å². The van der Waals surface area contributed by atoms with Crippen LogP contribution in [0.4, 0.5) is 0 Å². The molecule has 4 heteroatoms. The van der Waals surface area contributed by atoms with E-state index in [1.807, 2.05) is 13.0 Å². The van der Waals surface area contributed by atoms with Crippen molar-refractivity contribution in [3.8, 4) is 0 Å². The lowest BCUT2D eigenvalue weighted by atomic mass is 9.78. The van der Waals surface area contributed by atoms with Gasteiger partial charge in [-0.25, -0.2) is 0 Å². The summed E-state index contributed by atoms with van der Waals surface area (Å²) in [6.07, 6.45) is 3.96. The first-order valence-corrected chi connectivity index (χ1v) is 10.8.